The molecule has 0 spiro atoms. The highest BCUT2D eigenvalue weighted by Crippen LogP contribution is 2.35. The number of nitrogens with two attached hydrogens (primary N) is 2. The summed E-state index contributed by atoms with van der Waals surface area (Å²) in [5.41, 5.74) is 12.4. The van der Waals surface area contributed by atoms with Crippen LogP contribution in [0.1, 0.15) is 36.7 Å². The Balaban J connectivity index is 1.75. The van der Waals surface area contributed by atoms with Crippen LogP contribution in [-0.2, 0) is 0 Å². The van der Waals surface area contributed by atoms with Crippen LogP contribution in [0.15, 0.2) is 42.9 Å². The van der Waals surface area contributed by atoms with Crippen LogP contribution in [0.4, 0.5) is 18.9 Å². The third kappa shape index (κ3) is 5.32. The van der Waals surface area contributed by atoms with Crippen LogP contribution in [0.3, 0.4) is 0 Å². The van der Waals surface area contributed by atoms with Crippen LogP contribution < -0.4 is 21.1 Å². The van der Waals surface area contributed by atoms with Crippen molar-refractivity contribution in [2.75, 3.05) is 18.0 Å². The lowest BCUT2D eigenvalue weighted by atomic mass is 9.86. The third-order valence-electron chi connectivity index (χ3n) is 6.06. The molecule has 1 saturated heterocycles. The molecule has 0 unspecified atom stereocenters. The van der Waals surface area contributed by atoms with E-state index in [2.05, 4.69) is 36.5 Å². The van der Waals surface area contributed by atoms with Gasteiger partial charge in [-0.05, 0) is 43.5 Å². The average Bonchev–Trinajstić information content (AvgIpc) is 2.83. The van der Waals surface area contributed by atoms with Crippen molar-refractivity contribution in [2.24, 2.45) is 11.5 Å². The summed E-state index contributed by atoms with van der Waals surface area (Å²) in [5.74, 6) is -1.49. The van der Waals surface area contributed by atoms with E-state index in [9.17, 15) is 18.0 Å². The Morgan fingerprint density at radius 2 is 1.74 bits per heavy atom. The van der Waals surface area contributed by atoms with Gasteiger partial charge in [-0.15, -0.1) is 13.2 Å². The lowest BCUT2D eigenvalue weighted by molar-refractivity contribution is -0.274. The third-order valence-corrected chi connectivity index (χ3v) is 6.06. The lowest BCUT2D eigenvalue weighted by Crippen LogP contribution is -2.50. The van der Waals surface area contributed by atoms with Crippen LogP contribution in [0, 0.1) is 0 Å². The number of ether oxygens (including phenoxy) is 1. The summed E-state index contributed by atoms with van der Waals surface area (Å²) in [6.07, 6.45) is 1.54. The lowest BCUT2D eigenvalue weighted by Gasteiger charge is -2.40. The largest absolute Gasteiger partial charge is 0.573 e. The van der Waals surface area contributed by atoms with Crippen LogP contribution in [-0.4, -0.2) is 50.8 Å². The Hall–Kier alpha value is -3.80. The first-order chi connectivity index (χ1) is 16.6. The molecule has 35 heavy (non-hydrogen) atoms. The van der Waals surface area contributed by atoms with Crippen molar-refractivity contribution in [1.29, 1.82) is 0 Å². The van der Waals surface area contributed by atoms with E-state index in [0.29, 0.717) is 18.8 Å². The molecule has 12 heteroatoms. The monoisotopic (exact) mass is 487 g/mol. The second-order valence-corrected chi connectivity index (χ2v) is 8.29. The first-order valence-electron chi connectivity index (χ1n) is 11.0. The Morgan fingerprint density at radius 1 is 1.09 bits per heavy atom. The molecule has 0 atom stereocenters. The normalized spacial score (nSPS) is 15.6. The molecule has 4 rings (SSSR count). The van der Waals surface area contributed by atoms with E-state index in [4.69, 9.17) is 11.5 Å². The molecule has 4 N–H and O–H groups in total. The summed E-state index contributed by atoms with van der Waals surface area (Å²) in [6.45, 7) is 3.44. The van der Waals surface area contributed by atoms with E-state index >= 15 is 0 Å². The van der Waals surface area contributed by atoms with E-state index in [0.717, 1.165) is 31.0 Å². The summed E-state index contributed by atoms with van der Waals surface area (Å²) < 4.78 is 42.6. The maximum Gasteiger partial charge on any atom is 0.573 e. The Kier molecular flexibility index (Phi) is 6.57. The van der Waals surface area contributed by atoms with E-state index in [-0.39, 0.29) is 28.3 Å². The zero-order valence-corrected chi connectivity index (χ0v) is 18.9. The molecular formula is C23H24F3N7O2. The van der Waals surface area contributed by atoms with Crippen molar-refractivity contribution >= 4 is 11.6 Å². The highest BCUT2D eigenvalue weighted by molar-refractivity contribution is 5.98. The SMILES string of the molecule is CCC1(N)CCN(c2cccnc2-c2ncc(-c3ncccc3OC(F)(F)F)nc2C(N)=O)CC1. The molecule has 1 fully saturated rings. The molecular weight excluding hydrogens is 463 g/mol. The minimum Gasteiger partial charge on any atom is -0.403 e. The quantitative estimate of drug-likeness (QED) is 0.541. The fourth-order valence-corrected chi connectivity index (χ4v) is 4.02. The van der Waals surface area contributed by atoms with E-state index in [1.54, 1.807) is 12.3 Å². The molecule has 0 bridgehead atoms. The summed E-state index contributed by atoms with van der Waals surface area (Å²) in [6, 6.07) is 6.00. The van der Waals surface area contributed by atoms with Crippen LogP contribution in [0.2, 0.25) is 0 Å². The second kappa shape index (κ2) is 9.45. The van der Waals surface area contributed by atoms with Crippen molar-refractivity contribution in [2.45, 2.75) is 38.1 Å². The molecule has 184 valence electrons. The molecule has 1 amide bonds. The fourth-order valence-electron chi connectivity index (χ4n) is 4.02. The van der Waals surface area contributed by atoms with Crippen LogP contribution >= 0.6 is 0 Å². The number of piperidine rings is 1. The molecule has 1 aliphatic heterocycles. The minimum atomic E-state index is -4.94. The number of aromatic nitrogens is 4. The molecule has 9 nitrogen and oxygen atoms in total. The highest BCUT2D eigenvalue weighted by atomic mass is 19.4. The molecule has 0 radical (unpaired) electrons. The van der Waals surface area contributed by atoms with Gasteiger partial charge in [0.25, 0.3) is 5.91 Å². The second-order valence-electron chi connectivity index (χ2n) is 8.29. The number of amides is 1. The van der Waals surface area contributed by atoms with Crippen molar-refractivity contribution in [3.63, 3.8) is 0 Å². The van der Waals surface area contributed by atoms with Gasteiger partial charge in [0.1, 0.15) is 22.8 Å². The first kappa shape index (κ1) is 24.3. The number of nitrogens with zero attached hydrogens (tertiary/aromatic N) is 5. The number of alkyl halides is 3. The van der Waals surface area contributed by atoms with Gasteiger partial charge in [0, 0.05) is 31.0 Å². The average molecular weight is 487 g/mol. The standard InChI is InChI=1S/C23H24F3N7O2/c1-2-22(28)7-11-33(12-8-22)15-5-3-9-30-18(15)19-20(21(27)34)32-14(13-31-19)17-16(6-4-10-29-17)35-23(24,25)26/h3-6,9-10,13H,2,7-8,11-12,28H2,1H3,(H2,27,34). The van der Waals surface area contributed by atoms with E-state index in [1.807, 2.05) is 6.07 Å². The molecule has 4 heterocycles. The smallest absolute Gasteiger partial charge is 0.403 e. The summed E-state index contributed by atoms with van der Waals surface area (Å²) in [4.78, 5) is 31.3. The van der Waals surface area contributed by atoms with E-state index < -0.39 is 18.0 Å². The fraction of sp³-hybridized carbons (Fsp3) is 0.348. The summed E-state index contributed by atoms with van der Waals surface area (Å²) in [7, 11) is 0. The van der Waals surface area contributed by atoms with Gasteiger partial charge in [0.15, 0.2) is 11.4 Å². The predicted molar refractivity (Wildman–Crippen MR) is 122 cm³/mol. The topological polar surface area (TPSA) is 133 Å². The van der Waals surface area contributed by atoms with Gasteiger partial charge in [-0.2, -0.15) is 0 Å². The number of hydrogen-bond donors (Lipinski definition) is 2. The zero-order valence-electron chi connectivity index (χ0n) is 18.9. The number of hydrogen-bond acceptors (Lipinski definition) is 8. The Bertz CT molecular complexity index is 1230. The predicted octanol–water partition coefficient (Wildman–Crippen LogP) is 3.31. The van der Waals surface area contributed by atoms with Gasteiger partial charge in [-0.3, -0.25) is 14.8 Å². The number of halogens is 3. The van der Waals surface area contributed by atoms with Gasteiger partial charge in [0.05, 0.1) is 11.9 Å². The maximum atomic E-state index is 12.8. The Labute approximate surface area is 199 Å². The van der Waals surface area contributed by atoms with Gasteiger partial charge in [0.2, 0.25) is 0 Å². The van der Waals surface area contributed by atoms with Crippen molar-refractivity contribution in [1.82, 2.24) is 19.9 Å². The Morgan fingerprint density at radius 3 is 2.37 bits per heavy atom. The number of carbonyl (C=O) groups excluding carboxylic acids is 1. The van der Waals surface area contributed by atoms with Crippen molar-refractivity contribution in [3.8, 4) is 28.5 Å². The molecule has 3 aromatic heterocycles. The maximum absolute atomic E-state index is 12.8. The summed E-state index contributed by atoms with van der Waals surface area (Å²) >= 11 is 0. The summed E-state index contributed by atoms with van der Waals surface area (Å²) in [5, 5.41) is 0. The molecule has 1 aliphatic rings. The van der Waals surface area contributed by atoms with Gasteiger partial charge in [-0.1, -0.05) is 6.92 Å². The van der Waals surface area contributed by atoms with Gasteiger partial charge in [-0.25, -0.2) is 9.97 Å². The van der Waals surface area contributed by atoms with Gasteiger partial charge < -0.3 is 21.1 Å². The number of primary amides is 1. The molecule has 0 saturated carbocycles. The zero-order chi connectivity index (χ0) is 25.2. The number of pyridine rings is 2. The van der Waals surface area contributed by atoms with Crippen molar-refractivity contribution in [3.05, 3.63) is 48.5 Å². The minimum absolute atomic E-state index is 0.103. The van der Waals surface area contributed by atoms with E-state index in [1.165, 1.54) is 18.5 Å². The van der Waals surface area contributed by atoms with Gasteiger partial charge >= 0.3 is 6.36 Å². The molecule has 0 aromatic carbocycles. The highest BCUT2D eigenvalue weighted by Gasteiger charge is 2.33. The number of rotatable bonds is 6. The van der Waals surface area contributed by atoms with Crippen LogP contribution in [0.25, 0.3) is 22.8 Å². The molecule has 0 aliphatic carbocycles. The molecule has 3 aromatic rings. The van der Waals surface area contributed by atoms with Crippen LogP contribution in [0.5, 0.6) is 5.75 Å². The number of carbonyl (C=O) groups is 1. The first-order valence-corrected chi connectivity index (χ1v) is 11.0. The van der Waals surface area contributed by atoms with Crippen molar-refractivity contribution < 1.29 is 22.7 Å². The number of anilines is 1.